The highest BCUT2D eigenvalue weighted by Crippen LogP contribution is 2.26. The van der Waals surface area contributed by atoms with Crippen molar-refractivity contribution in [2.45, 2.75) is 26.2 Å². The Morgan fingerprint density at radius 3 is 2.48 bits per heavy atom. The van der Waals surface area contributed by atoms with E-state index in [4.69, 9.17) is 0 Å². The number of nitrogens with one attached hydrogen (secondary N) is 3. The van der Waals surface area contributed by atoms with Gasteiger partial charge in [0.25, 0.3) is 0 Å². The van der Waals surface area contributed by atoms with E-state index < -0.39 is 0 Å². The van der Waals surface area contributed by atoms with Crippen LogP contribution in [0.4, 0.5) is 11.5 Å². The van der Waals surface area contributed by atoms with Crippen LogP contribution in [0.3, 0.4) is 0 Å². The van der Waals surface area contributed by atoms with Gasteiger partial charge in [0, 0.05) is 30.1 Å². The number of anilines is 2. The van der Waals surface area contributed by atoms with Crippen LogP contribution in [0.2, 0.25) is 0 Å². The molecule has 7 nitrogen and oxygen atoms in total. The van der Waals surface area contributed by atoms with Crippen LogP contribution < -0.4 is 10.6 Å². The number of benzene rings is 2. The summed E-state index contributed by atoms with van der Waals surface area (Å²) in [6.45, 7) is 4.61. The van der Waals surface area contributed by atoms with Crippen molar-refractivity contribution in [1.29, 1.82) is 0 Å². The SMILES string of the molecule is CCc1cc(NC(=O)C(C)c2cccc(-c3ccc(NC(=O)/C=C/CN(C)C)cc3)c2)n[nH]1. The minimum absolute atomic E-state index is 0.110. The van der Waals surface area contributed by atoms with Gasteiger partial charge in [-0.05, 0) is 56.3 Å². The summed E-state index contributed by atoms with van der Waals surface area (Å²) in [6, 6.07) is 17.4. The van der Waals surface area contributed by atoms with Crippen LogP contribution in [0.1, 0.15) is 31.0 Å². The van der Waals surface area contributed by atoms with Crippen molar-refractivity contribution in [1.82, 2.24) is 15.1 Å². The van der Waals surface area contributed by atoms with Gasteiger partial charge in [-0.15, -0.1) is 0 Å². The second-order valence-corrected chi connectivity index (χ2v) is 8.20. The summed E-state index contributed by atoms with van der Waals surface area (Å²) in [6.07, 6.45) is 4.19. The molecule has 1 atom stereocenters. The maximum atomic E-state index is 12.7. The second-order valence-electron chi connectivity index (χ2n) is 8.20. The average Bonchev–Trinajstić information content (AvgIpc) is 3.26. The van der Waals surface area contributed by atoms with Gasteiger partial charge in [0.1, 0.15) is 0 Å². The highest BCUT2D eigenvalue weighted by molar-refractivity contribution is 5.99. The molecule has 0 aliphatic rings. The minimum Gasteiger partial charge on any atom is -0.323 e. The number of aromatic amines is 1. The van der Waals surface area contributed by atoms with Gasteiger partial charge in [0.05, 0.1) is 5.92 Å². The molecule has 1 unspecified atom stereocenters. The number of rotatable bonds is 9. The number of aryl methyl sites for hydroxylation is 1. The fourth-order valence-corrected chi connectivity index (χ4v) is 3.28. The molecule has 172 valence electrons. The van der Waals surface area contributed by atoms with Crippen LogP contribution >= 0.6 is 0 Å². The Balaban J connectivity index is 1.65. The van der Waals surface area contributed by atoms with Crippen molar-refractivity contribution < 1.29 is 9.59 Å². The predicted octanol–water partition coefficient (Wildman–Crippen LogP) is 4.44. The van der Waals surface area contributed by atoms with Crippen LogP contribution in [0.25, 0.3) is 11.1 Å². The number of carbonyl (C=O) groups excluding carboxylic acids is 2. The van der Waals surface area contributed by atoms with Gasteiger partial charge in [0.2, 0.25) is 11.8 Å². The summed E-state index contributed by atoms with van der Waals surface area (Å²) >= 11 is 0. The van der Waals surface area contributed by atoms with Crippen molar-refractivity contribution in [3.63, 3.8) is 0 Å². The Kier molecular flexibility index (Phi) is 8.16. The van der Waals surface area contributed by atoms with E-state index >= 15 is 0 Å². The molecule has 0 aliphatic carbocycles. The first-order valence-corrected chi connectivity index (χ1v) is 11.0. The molecule has 0 aliphatic heterocycles. The molecule has 1 heterocycles. The normalized spacial score (nSPS) is 12.2. The molecule has 1 aromatic heterocycles. The fourth-order valence-electron chi connectivity index (χ4n) is 3.28. The third-order valence-electron chi connectivity index (χ3n) is 5.27. The van der Waals surface area contributed by atoms with E-state index in [0.717, 1.165) is 34.5 Å². The van der Waals surface area contributed by atoms with Gasteiger partial charge in [0.15, 0.2) is 5.82 Å². The number of hydrogen-bond donors (Lipinski definition) is 3. The Morgan fingerprint density at radius 1 is 1.06 bits per heavy atom. The maximum Gasteiger partial charge on any atom is 0.248 e. The van der Waals surface area contributed by atoms with E-state index in [1.807, 2.05) is 93.5 Å². The quantitative estimate of drug-likeness (QED) is 0.425. The molecule has 0 saturated carbocycles. The fraction of sp³-hybridized carbons (Fsp3) is 0.269. The summed E-state index contributed by atoms with van der Waals surface area (Å²) in [5.74, 6) is -0.0654. The van der Waals surface area contributed by atoms with E-state index in [0.29, 0.717) is 12.4 Å². The zero-order valence-corrected chi connectivity index (χ0v) is 19.6. The van der Waals surface area contributed by atoms with E-state index in [2.05, 4.69) is 20.8 Å². The third-order valence-corrected chi connectivity index (χ3v) is 5.27. The lowest BCUT2D eigenvalue weighted by molar-refractivity contribution is -0.117. The zero-order valence-electron chi connectivity index (χ0n) is 19.6. The molecular weight excluding hydrogens is 414 g/mol. The van der Waals surface area contributed by atoms with Crippen molar-refractivity contribution in [2.75, 3.05) is 31.3 Å². The van der Waals surface area contributed by atoms with E-state index in [1.165, 1.54) is 6.08 Å². The van der Waals surface area contributed by atoms with Gasteiger partial charge in [-0.25, -0.2) is 0 Å². The van der Waals surface area contributed by atoms with Gasteiger partial charge < -0.3 is 15.5 Å². The average molecular weight is 446 g/mol. The summed E-state index contributed by atoms with van der Waals surface area (Å²) < 4.78 is 0. The van der Waals surface area contributed by atoms with Gasteiger partial charge >= 0.3 is 0 Å². The molecule has 3 N–H and O–H groups in total. The second kappa shape index (κ2) is 11.2. The van der Waals surface area contributed by atoms with Crippen LogP contribution in [0.15, 0.2) is 66.7 Å². The minimum atomic E-state index is -0.334. The molecule has 0 saturated heterocycles. The highest BCUT2D eigenvalue weighted by Gasteiger charge is 2.17. The van der Waals surface area contributed by atoms with Crippen molar-refractivity contribution >= 4 is 23.3 Å². The standard InChI is InChI=1S/C26H31N5O2/c1-5-22-17-24(30-29-22)28-26(33)18(2)20-8-6-9-21(16-20)19-11-13-23(14-12-19)27-25(32)10-7-15-31(3)4/h6-14,16-18H,5,15H2,1-4H3,(H,27,32)(H2,28,29,30,33)/b10-7+. The highest BCUT2D eigenvalue weighted by atomic mass is 16.2. The number of aromatic nitrogens is 2. The summed E-state index contributed by atoms with van der Waals surface area (Å²) in [5, 5.41) is 12.8. The molecule has 2 amide bonds. The van der Waals surface area contributed by atoms with Crippen molar-refractivity contribution in [3.8, 4) is 11.1 Å². The van der Waals surface area contributed by atoms with Crippen LogP contribution in [-0.4, -0.2) is 47.6 Å². The molecule has 3 aromatic rings. The lowest BCUT2D eigenvalue weighted by Gasteiger charge is -2.13. The molecule has 0 spiro atoms. The first-order chi connectivity index (χ1) is 15.9. The number of hydrogen-bond acceptors (Lipinski definition) is 4. The van der Waals surface area contributed by atoms with E-state index in [9.17, 15) is 9.59 Å². The van der Waals surface area contributed by atoms with E-state index in [-0.39, 0.29) is 17.7 Å². The third kappa shape index (κ3) is 6.89. The zero-order chi connectivity index (χ0) is 23.8. The number of carbonyl (C=O) groups is 2. The van der Waals surface area contributed by atoms with Gasteiger partial charge in [-0.2, -0.15) is 5.10 Å². The summed E-state index contributed by atoms with van der Waals surface area (Å²) in [5.41, 5.74) is 4.63. The smallest absolute Gasteiger partial charge is 0.248 e. The largest absolute Gasteiger partial charge is 0.323 e. The topological polar surface area (TPSA) is 90.1 Å². The summed E-state index contributed by atoms with van der Waals surface area (Å²) in [4.78, 5) is 26.7. The lowest BCUT2D eigenvalue weighted by atomic mass is 9.95. The Labute approximate surface area is 194 Å². The first-order valence-electron chi connectivity index (χ1n) is 11.0. The van der Waals surface area contributed by atoms with Crippen molar-refractivity contribution in [3.05, 3.63) is 78.0 Å². The summed E-state index contributed by atoms with van der Waals surface area (Å²) in [7, 11) is 3.90. The van der Waals surface area contributed by atoms with E-state index in [1.54, 1.807) is 0 Å². The molecule has 0 bridgehead atoms. The maximum absolute atomic E-state index is 12.7. The number of H-pyrrole nitrogens is 1. The lowest BCUT2D eigenvalue weighted by Crippen LogP contribution is -2.19. The molecule has 33 heavy (non-hydrogen) atoms. The number of likely N-dealkylation sites (N-methyl/N-ethyl adjacent to an activating group) is 1. The first kappa shape index (κ1) is 23.9. The van der Waals surface area contributed by atoms with Crippen LogP contribution in [0, 0.1) is 0 Å². The Hall–Kier alpha value is -3.71. The van der Waals surface area contributed by atoms with Gasteiger partial charge in [-0.3, -0.25) is 14.7 Å². The molecule has 7 heteroatoms. The Morgan fingerprint density at radius 2 is 1.82 bits per heavy atom. The molecule has 0 radical (unpaired) electrons. The molecule has 0 fully saturated rings. The monoisotopic (exact) mass is 445 g/mol. The van der Waals surface area contributed by atoms with Crippen LogP contribution in [0.5, 0.6) is 0 Å². The Bertz CT molecular complexity index is 1120. The molecule has 3 rings (SSSR count). The van der Waals surface area contributed by atoms with Crippen molar-refractivity contribution in [2.24, 2.45) is 0 Å². The van der Waals surface area contributed by atoms with Crippen LogP contribution in [-0.2, 0) is 16.0 Å². The molecular formula is C26H31N5O2. The number of nitrogens with zero attached hydrogens (tertiary/aromatic N) is 2. The predicted molar refractivity (Wildman–Crippen MR) is 133 cm³/mol. The number of amides is 2. The molecule has 2 aromatic carbocycles. The van der Waals surface area contributed by atoms with Gasteiger partial charge in [-0.1, -0.05) is 49.4 Å².